The fraction of sp³-hybridized carbons (Fsp3) is 0.143. The first-order chi connectivity index (χ1) is 9.10. The Morgan fingerprint density at radius 2 is 2.32 bits per heavy atom. The van der Waals surface area contributed by atoms with E-state index in [2.05, 4.69) is 16.5 Å². The van der Waals surface area contributed by atoms with Gasteiger partial charge in [0.2, 0.25) is 0 Å². The zero-order valence-electron chi connectivity index (χ0n) is 10.4. The van der Waals surface area contributed by atoms with E-state index in [1.165, 1.54) is 17.8 Å². The van der Waals surface area contributed by atoms with Crippen LogP contribution in [-0.2, 0) is 5.75 Å². The Kier molecular flexibility index (Phi) is 4.45. The lowest BCUT2D eigenvalue weighted by molar-refractivity contribution is 0.905. The van der Waals surface area contributed by atoms with E-state index in [0.717, 1.165) is 11.1 Å². The minimum absolute atomic E-state index is 0.138. The van der Waals surface area contributed by atoms with Crippen molar-refractivity contribution >= 4 is 29.4 Å². The number of hydrogen-bond donors (Lipinski definition) is 1. The van der Waals surface area contributed by atoms with Crippen LogP contribution in [0.15, 0.2) is 40.8 Å². The standard InChI is InChI=1S/C14H13ClN2OS/c1-3-10-5-4-6-11(13(10)15)8-19-14-16-9(2)7-12(18)17-14/h3-7H,1,8H2,2H3,(H,16,17,18). The minimum Gasteiger partial charge on any atom is -0.301 e. The molecule has 0 aliphatic rings. The minimum atomic E-state index is -0.138. The van der Waals surface area contributed by atoms with Crippen LogP contribution in [0.4, 0.5) is 0 Å². The van der Waals surface area contributed by atoms with E-state index < -0.39 is 0 Å². The Morgan fingerprint density at radius 1 is 1.53 bits per heavy atom. The SMILES string of the molecule is C=Cc1cccc(CSc2nc(C)cc(=O)[nH]2)c1Cl. The van der Waals surface area contributed by atoms with Crippen LogP contribution in [0.3, 0.4) is 0 Å². The average molecular weight is 293 g/mol. The third kappa shape index (κ3) is 3.49. The molecule has 0 aliphatic heterocycles. The largest absolute Gasteiger partial charge is 0.301 e. The molecule has 0 fully saturated rings. The van der Waals surface area contributed by atoms with Crippen molar-refractivity contribution in [1.29, 1.82) is 0 Å². The zero-order chi connectivity index (χ0) is 13.8. The number of halogens is 1. The van der Waals surface area contributed by atoms with E-state index in [4.69, 9.17) is 11.6 Å². The van der Waals surface area contributed by atoms with Gasteiger partial charge in [-0.2, -0.15) is 0 Å². The van der Waals surface area contributed by atoms with Crippen molar-refractivity contribution in [3.8, 4) is 0 Å². The molecule has 1 heterocycles. The maximum absolute atomic E-state index is 11.3. The number of H-pyrrole nitrogens is 1. The number of hydrogen-bond acceptors (Lipinski definition) is 3. The molecule has 0 saturated carbocycles. The number of aryl methyl sites for hydroxylation is 1. The summed E-state index contributed by atoms with van der Waals surface area (Å²) >= 11 is 7.71. The molecular formula is C14H13ClN2OS. The molecule has 1 aromatic carbocycles. The number of nitrogens with zero attached hydrogens (tertiary/aromatic N) is 1. The number of rotatable bonds is 4. The van der Waals surface area contributed by atoms with Gasteiger partial charge in [0.1, 0.15) is 0 Å². The molecule has 0 spiro atoms. The molecule has 1 N–H and O–H groups in total. The molecule has 2 rings (SSSR count). The first-order valence-electron chi connectivity index (χ1n) is 5.70. The van der Waals surface area contributed by atoms with E-state index in [1.807, 2.05) is 18.2 Å². The van der Waals surface area contributed by atoms with Gasteiger partial charge in [-0.05, 0) is 18.1 Å². The fourth-order valence-corrected chi connectivity index (χ4v) is 2.90. The maximum Gasteiger partial charge on any atom is 0.251 e. The first kappa shape index (κ1) is 13.9. The molecule has 5 heteroatoms. The van der Waals surface area contributed by atoms with Gasteiger partial charge >= 0.3 is 0 Å². The van der Waals surface area contributed by atoms with E-state index in [1.54, 1.807) is 13.0 Å². The van der Waals surface area contributed by atoms with Crippen LogP contribution in [0.2, 0.25) is 5.02 Å². The number of nitrogens with one attached hydrogen (secondary N) is 1. The van der Waals surface area contributed by atoms with Gasteiger partial charge in [-0.15, -0.1) is 0 Å². The highest BCUT2D eigenvalue weighted by Crippen LogP contribution is 2.27. The average Bonchev–Trinajstić information content (AvgIpc) is 2.36. The summed E-state index contributed by atoms with van der Waals surface area (Å²) in [4.78, 5) is 18.3. The number of aromatic nitrogens is 2. The highest BCUT2D eigenvalue weighted by Gasteiger charge is 2.06. The van der Waals surface area contributed by atoms with Crippen molar-refractivity contribution < 1.29 is 0 Å². The Labute approximate surface area is 120 Å². The third-order valence-corrected chi connectivity index (χ3v) is 3.92. The van der Waals surface area contributed by atoms with Crippen molar-refractivity contribution in [2.45, 2.75) is 17.8 Å². The molecule has 0 aliphatic carbocycles. The molecule has 98 valence electrons. The number of aromatic amines is 1. The zero-order valence-corrected chi connectivity index (χ0v) is 12.0. The van der Waals surface area contributed by atoms with Gasteiger partial charge in [-0.25, -0.2) is 4.98 Å². The topological polar surface area (TPSA) is 45.8 Å². The summed E-state index contributed by atoms with van der Waals surface area (Å²) in [5.41, 5.74) is 2.47. The summed E-state index contributed by atoms with van der Waals surface area (Å²) in [5, 5.41) is 1.30. The third-order valence-electron chi connectivity index (χ3n) is 2.54. The number of thioether (sulfide) groups is 1. The van der Waals surface area contributed by atoms with Crippen LogP contribution in [0.5, 0.6) is 0 Å². The van der Waals surface area contributed by atoms with Gasteiger partial charge in [0, 0.05) is 17.5 Å². The van der Waals surface area contributed by atoms with E-state index in [-0.39, 0.29) is 5.56 Å². The normalized spacial score (nSPS) is 10.4. The lowest BCUT2D eigenvalue weighted by atomic mass is 10.1. The second kappa shape index (κ2) is 6.08. The second-order valence-corrected chi connectivity index (χ2v) is 5.35. The molecule has 0 radical (unpaired) electrons. The highest BCUT2D eigenvalue weighted by atomic mass is 35.5. The van der Waals surface area contributed by atoms with Crippen molar-refractivity contribution in [3.05, 3.63) is 63.0 Å². The van der Waals surface area contributed by atoms with Gasteiger partial charge < -0.3 is 4.98 Å². The smallest absolute Gasteiger partial charge is 0.251 e. The molecule has 0 amide bonds. The predicted molar refractivity (Wildman–Crippen MR) is 80.7 cm³/mol. The Balaban J connectivity index is 2.19. The summed E-state index contributed by atoms with van der Waals surface area (Å²) in [7, 11) is 0. The van der Waals surface area contributed by atoms with Crippen LogP contribution < -0.4 is 5.56 Å². The van der Waals surface area contributed by atoms with Gasteiger partial charge in [-0.1, -0.05) is 54.2 Å². The molecule has 0 atom stereocenters. The lowest BCUT2D eigenvalue weighted by Crippen LogP contribution is -2.08. The Bertz CT molecular complexity index is 667. The van der Waals surface area contributed by atoms with Crippen molar-refractivity contribution in [2.24, 2.45) is 0 Å². The molecule has 0 bridgehead atoms. The summed E-state index contributed by atoms with van der Waals surface area (Å²) < 4.78 is 0. The predicted octanol–water partition coefficient (Wildman–Crippen LogP) is 3.67. The van der Waals surface area contributed by atoms with Gasteiger partial charge in [0.25, 0.3) is 5.56 Å². The molecule has 19 heavy (non-hydrogen) atoms. The summed E-state index contributed by atoms with van der Waals surface area (Å²) in [6.07, 6.45) is 1.73. The quantitative estimate of drug-likeness (QED) is 0.691. The Morgan fingerprint density at radius 3 is 3.00 bits per heavy atom. The fourth-order valence-electron chi connectivity index (χ4n) is 1.63. The molecular weight excluding hydrogens is 280 g/mol. The van der Waals surface area contributed by atoms with Crippen LogP contribution in [0.1, 0.15) is 16.8 Å². The lowest BCUT2D eigenvalue weighted by Gasteiger charge is -2.06. The Hall–Kier alpha value is -1.52. The summed E-state index contributed by atoms with van der Waals surface area (Å²) in [6.45, 7) is 5.52. The van der Waals surface area contributed by atoms with E-state index >= 15 is 0 Å². The van der Waals surface area contributed by atoms with E-state index in [9.17, 15) is 4.79 Å². The van der Waals surface area contributed by atoms with Crippen LogP contribution >= 0.6 is 23.4 Å². The van der Waals surface area contributed by atoms with Gasteiger partial charge in [0.15, 0.2) is 5.16 Å². The van der Waals surface area contributed by atoms with Crippen molar-refractivity contribution in [1.82, 2.24) is 9.97 Å². The van der Waals surface area contributed by atoms with Crippen LogP contribution in [0.25, 0.3) is 6.08 Å². The van der Waals surface area contributed by atoms with E-state index in [0.29, 0.717) is 21.6 Å². The van der Waals surface area contributed by atoms with Gasteiger partial charge in [0.05, 0.1) is 5.02 Å². The second-order valence-electron chi connectivity index (χ2n) is 4.01. The molecule has 2 aromatic rings. The molecule has 0 unspecified atom stereocenters. The molecule has 0 saturated heterocycles. The summed E-state index contributed by atoms with van der Waals surface area (Å²) in [6, 6.07) is 7.27. The maximum atomic E-state index is 11.3. The highest BCUT2D eigenvalue weighted by molar-refractivity contribution is 7.98. The first-order valence-corrected chi connectivity index (χ1v) is 7.07. The van der Waals surface area contributed by atoms with Crippen LogP contribution in [0, 0.1) is 6.92 Å². The van der Waals surface area contributed by atoms with Crippen molar-refractivity contribution in [3.63, 3.8) is 0 Å². The van der Waals surface area contributed by atoms with Crippen LogP contribution in [-0.4, -0.2) is 9.97 Å². The van der Waals surface area contributed by atoms with Crippen molar-refractivity contribution in [2.75, 3.05) is 0 Å². The molecule has 1 aromatic heterocycles. The summed E-state index contributed by atoms with van der Waals surface area (Å²) in [5.74, 6) is 0.646. The number of benzene rings is 1. The molecule has 3 nitrogen and oxygen atoms in total. The monoisotopic (exact) mass is 292 g/mol. The van der Waals surface area contributed by atoms with Gasteiger partial charge in [-0.3, -0.25) is 4.79 Å².